The third kappa shape index (κ3) is 1.40. The third-order valence-electron chi connectivity index (χ3n) is 1.93. The van der Waals surface area contributed by atoms with Crippen molar-refractivity contribution in [2.45, 2.75) is 13.3 Å². The molecular weight excluding hydrogens is 207 g/mol. The number of H-pyrrole nitrogens is 1. The number of benzene rings is 1. The summed E-state index contributed by atoms with van der Waals surface area (Å²) in [4.78, 5) is 7.45. The zero-order chi connectivity index (χ0) is 9.42. The third-order valence-corrected chi connectivity index (χ3v) is 2.55. The fourth-order valence-corrected chi connectivity index (χ4v) is 1.64. The van der Waals surface area contributed by atoms with Crippen molar-refractivity contribution in [2.75, 3.05) is 0 Å². The van der Waals surface area contributed by atoms with Gasteiger partial charge < -0.3 is 4.98 Å². The van der Waals surface area contributed by atoms with Crippen LogP contribution in [0.5, 0.6) is 0 Å². The lowest BCUT2D eigenvalue weighted by atomic mass is 10.3. The number of rotatable bonds is 1. The van der Waals surface area contributed by atoms with Crippen LogP contribution in [0.1, 0.15) is 12.7 Å². The van der Waals surface area contributed by atoms with Gasteiger partial charge in [-0.05, 0) is 12.1 Å². The largest absolute Gasteiger partial charge is 0.341 e. The number of hydrogen-bond donors (Lipinski definition) is 1. The fraction of sp³-hybridized carbons (Fsp3) is 0.222. The number of nitrogens with one attached hydrogen (secondary N) is 1. The molecule has 0 spiro atoms. The minimum atomic E-state index is 0.635. The normalized spacial score (nSPS) is 11.0. The Morgan fingerprint density at radius 2 is 2.00 bits per heavy atom. The maximum absolute atomic E-state index is 5.97. The molecule has 2 nitrogen and oxygen atoms in total. The molecular formula is C9H8Cl2N2. The van der Waals surface area contributed by atoms with E-state index in [1.54, 1.807) is 12.1 Å². The number of fused-ring (bicyclic) bond motifs is 1. The highest BCUT2D eigenvalue weighted by atomic mass is 35.5. The molecule has 1 aromatic carbocycles. The molecule has 0 fully saturated rings. The molecule has 1 aromatic heterocycles. The predicted octanol–water partition coefficient (Wildman–Crippen LogP) is 3.43. The van der Waals surface area contributed by atoms with Gasteiger partial charge in [-0.15, -0.1) is 0 Å². The molecule has 1 heterocycles. The summed E-state index contributed by atoms with van der Waals surface area (Å²) in [7, 11) is 0. The molecule has 2 aromatic rings. The van der Waals surface area contributed by atoms with Gasteiger partial charge in [-0.3, -0.25) is 0 Å². The summed E-state index contributed by atoms with van der Waals surface area (Å²) in [6.45, 7) is 2.03. The summed E-state index contributed by atoms with van der Waals surface area (Å²) in [6, 6.07) is 3.52. The van der Waals surface area contributed by atoms with Gasteiger partial charge in [0.25, 0.3) is 0 Å². The van der Waals surface area contributed by atoms with E-state index in [9.17, 15) is 0 Å². The molecule has 0 saturated heterocycles. The number of imidazole rings is 1. The van der Waals surface area contributed by atoms with E-state index in [1.807, 2.05) is 6.92 Å². The van der Waals surface area contributed by atoms with Gasteiger partial charge in [0.05, 0.1) is 15.6 Å². The van der Waals surface area contributed by atoms with Gasteiger partial charge in [0.1, 0.15) is 11.3 Å². The van der Waals surface area contributed by atoms with Gasteiger partial charge in [-0.1, -0.05) is 30.1 Å². The molecule has 0 radical (unpaired) electrons. The van der Waals surface area contributed by atoms with Crippen LogP contribution in [0.4, 0.5) is 0 Å². The van der Waals surface area contributed by atoms with E-state index in [-0.39, 0.29) is 0 Å². The Labute approximate surface area is 85.9 Å². The molecule has 13 heavy (non-hydrogen) atoms. The van der Waals surface area contributed by atoms with E-state index in [4.69, 9.17) is 23.2 Å². The maximum Gasteiger partial charge on any atom is 0.109 e. The highest BCUT2D eigenvalue weighted by molar-refractivity contribution is 6.39. The van der Waals surface area contributed by atoms with Crippen LogP contribution >= 0.6 is 23.2 Å². The zero-order valence-electron chi connectivity index (χ0n) is 7.06. The first-order chi connectivity index (χ1) is 6.22. The van der Waals surface area contributed by atoms with Crippen LogP contribution in [0.15, 0.2) is 12.1 Å². The first kappa shape index (κ1) is 8.85. The van der Waals surface area contributed by atoms with Crippen molar-refractivity contribution < 1.29 is 0 Å². The van der Waals surface area contributed by atoms with Crippen molar-refractivity contribution in [1.82, 2.24) is 9.97 Å². The van der Waals surface area contributed by atoms with E-state index in [2.05, 4.69) is 9.97 Å². The number of hydrogen-bond acceptors (Lipinski definition) is 1. The summed E-state index contributed by atoms with van der Waals surface area (Å²) in [6.07, 6.45) is 0.849. The summed E-state index contributed by atoms with van der Waals surface area (Å²) >= 11 is 11.9. The summed E-state index contributed by atoms with van der Waals surface area (Å²) in [5.41, 5.74) is 1.58. The van der Waals surface area contributed by atoms with Crippen LogP contribution in [0, 0.1) is 0 Å². The fourth-order valence-electron chi connectivity index (χ4n) is 1.24. The number of aromatic nitrogens is 2. The van der Waals surface area contributed by atoms with Gasteiger partial charge in [-0.2, -0.15) is 0 Å². The Bertz CT molecular complexity index is 409. The average Bonchev–Trinajstić information content (AvgIpc) is 2.56. The number of nitrogens with zero attached hydrogens (tertiary/aromatic N) is 1. The molecule has 1 N–H and O–H groups in total. The van der Waals surface area contributed by atoms with Crippen LogP contribution < -0.4 is 0 Å². The van der Waals surface area contributed by atoms with Crippen molar-refractivity contribution in [3.05, 3.63) is 28.0 Å². The summed E-state index contributed by atoms with van der Waals surface area (Å²) in [5.74, 6) is 0.907. The molecule has 0 bridgehead atoms. The summed E-state index contributed by atoms with van der Waals surface area (Å²) in [5, 5.41) is 1.29. The first-order valence-corrected chi connectivity index (χ1v) is 4.80. The monoisotopic (exact) mass is 214 g/mol. The van der Waals surface area contributed by atoms with E-state index in [0.29, 0.717) is 10.0 Å². The highest BCUT2D eigenvalue weighted by Crippen LogP contribution is 2.27. The van der Waals surface area contributed by atoms with E-state index in [0.717, 1.165) is 23.3 Å². The molecule has 0 aliphatic carbocycles. The second kappa shape index (κ2) is 3.20. The Morgan fingerprint density at radius 1 is 1.31 bits per heavy atom. The smallest absolute Gasteiger partial charge is 0.109 e. The molecule has 0 aliphatic rings. The van der Waals surface area contributed by atoms with Gasteiger partial charge in [-0.25, -0.2) is 4.98 Å². The Kier molecular flexibility index (Phi) is 2.18. The Hall–Kier alpha value is -0.730. The predicted molar refractivity (Wildman–Crippen MR) is 55.5 cm³/mol. The molecule has 0 amide bonds. The van der Waals surface area contributed by atoms with Crippen LogP contribution in [0.25, 0.3) is 11.0 Å². The molecule has 4 heteroatoms. The molecule has 2 rings (SSSR count). The van der Waals surface area contributed by atoms with Crippen LogP contribution in [-0.2, 0) is 6.42 Å². The molecule has 0 saturated carbocycles. The second-order valence-corrected chi connectivity index (χ2v) is 3.60. The van der Waals surface area contributed by atoms with Crippen LogP contribution in [-0.4, -0.2) is 9.97 Å². The van der Waals surface area contributed by atoms with Gasteiger partial charge in [0, 0.05) is 6.42 Å². The van der Waals surface area contributed by atoms with Crippen LogP contribution in [0.3, 0.4) is 0 Å². The van der Waals surface area contributed by atoms with Gasteiger partial charge >= 0.3 is 0 Å². The molecule has 68 valence electrons. The van der Waals surface area contributed by atoms with Gasteiger partial charge in [0.15, 0.2) is 0 Å². The van der Waals surface area contributed by atoms with E-state index >= 15 is 0 Å². The first-order valence-electron chi connectivity index (χ1n) is 4.05. The van der Waals surface area contributed by atoms with Crippen LogP contribution in [0.2, 0.25) is 10.0 Å². The Balaban J connectivity index is 2.80. The minimum Gasteiger partial charge on any atom is -0.341 e. The Morgan fingerprint density at radius 3 is 2.62 bits per heavy atom. The standard InChI is InChI=1S/C9H8Cl2N2/c1-2-7-12-8-5(10)3-4-6(11)9(8)13-7/h3-4H,2H2,1H3,(H,12,13). The topological polar surface area (TPSA) is 28.7 Å². The van der Waals surface area contributed by atoms with Gasteiger partial charge in [0.2, 0.25) is 0 Å². The summed E-state index contributed by atoms with van der Waals surface area (Å²) < 4.78 is 0. The minimum absolute atomic E-state index is 0.635. The lowest BCUT2D eigenvalue weighted by Crippen LogP contribution is -1.79. The maximum atomic E-state index is 5.97. The van der Waals surface area contributed by atoms with E-state index < -0.39 is 0 Å². The number of halogens is 2. The zero-order valence-corrected chi connectivity index (χ0v) is 8.58. The van der Waals surface area contributed by atoms with Crippen molar-refractivity contribution in [3.8, 4) is 0 Å². The van der Waals surface area contributed by atoms with Crippen molar-refractivity contribution >= 4 is 34.2 Å². The number of aryl methyl sites for hydroxylation is 1. The van der Waals surface area contributed by atoms with Crippen molar-refractivity contribution in [3.63, 3.8) is 0 Å². The average molecular weight is 215 g/mol. The molecule has 0 atom stereocenters. The lowest BCUT2D eigenvalue weighted by molar-refractivity contribution is 1.00. The SMILES string of the molecule is CCc1nc2c(Cl)ccc(Cl)c2[nH]1. The highest BCUT2D eigenvalue weighted by Gasteiger charge is 2.07. The lowest BCUT2D eigenvalue weighted by Gasteiger charge is -1.93. The second-order valence-electron chi connectivity index (χ2n) is 2.79. The molecule has 0 unspecified atom stereocenters. The molecule has 0 aliphatic heterocycles. The van der Waals surface area contributed by atoms with Crippen molar-refractivity contribution in [2.24, 2.45) is 0 Å². The number of aromatic amines is 1. The van der Waals surface area contributed by atoms with E-state index in [1.165, 1.54) is 0 Å². The quantitative estimate of drug-likeness (QED) is 0.775. The van der Waals surface area contributed by atoms with Crippen molar-refractivity contribution in [1.29, 1.82) is 0 Å².